The predicted molar refractivity (Wildman–Crippen MR) is 71.1 cm³/mol. The number of nitrogens with zero attached hydrogens (tertiary/aromatic N) is 5. The van der Waals surface area contributed by atoms with E-state index in [1.807, 2.05) is 30.3 Å². The number of aromatic nitrogens is 4. The summed E-state index contributed by atoms with van der Waals surface area (Å²) in [6.45, 7) is 1.00. The number of carbonyl (C=O) groups is 1. The van der Waals surface area contributed by atoms with Crippen molar-refractivity contribution in [2.24, 2.45) is 0 Å². The Balaban J connectivity index is 1.66. The number of amides is 1. The van der Waals surface area contributed by atoms with Crippen LogP contribution in [0.25, 0.3) is 0 Å². The molecule has 0 saturated heterocycles. The molecular weight excluding hydrogens is 258 g/mol. The molecule has 2 rings (SSSR count). The lowest BCUT2D eigenvalue weighted by molar-refractivity contribution is -0.182. The number of hydrogen-bond donors (Lipinski definition) is 0. The van der Waals surface area contributed by atoms with E-state index in [0.29, 0.717) is 26.0 Å². The van der Waals surface area contributed by atoms with E-state index in [9.17, 15) is 4.79 Å². The maximum absolute atomic E-state index is 11.8. The molecule has 1 heterocycles. The van der Waals surface area contributed by atoms with Crippen LogP contribution < -0.4 is 0 Å². The van der Waals surface area contributed by atoms with E-state index in [1.165, 1.54) is 11.4 Å². The highest BCUT2D eigenvalue weighted by Crippen LogP contribution is 2.04. The lowest BCUT2D eigenvalue weighted by Crippen LogP contribution is -2.26. The number of aryl methyl sites for hydroxylation is 1. The van der Waals surface area contributed by atoms with Crippen LogP contribution in [0.1, 0.15) is 18.4 Å². The van der Waals surface area contributed by atoms with Crippen molar-refractivity contribution in [3.8, 4) is 0 Å². The molecule has 0 aliphatic heterocycles. The van der Waals surface area contributed by atoms with Crippen molar-refractivity contribution in [3.63, 3.8) is 0 Å². The fraction of sp³-hybridized carbons (Fsp3) is 0.385. The Kier molecular flexibility index (Phi) is 5.19. The van der Waals surface area contributed by atoms with Gasteiger partial charge in [-0.1, -0.05) is 30.3 Å². The van der Waals surface area contributed by atoms with Gasteiger partial charge in [-0.25, -0.2) is 9.75 Å². The Morgan fingerprint density at radius 2 is 2.15 bits per heavy atom. The van der Waals surface area contributed by atoms with E-state index < -0.39 is 0 Å². The van der Waals surface area contributed by atoms with Crippen molar-refractivity contribution in [2.75, 3.05) is 7.05 Å². The minimum atomic E-state index is -0.0611. The maximum atomic E-state index is 11.8. The van der Waals surface area contributed by atoms with Crippen LogP contribution in [0.3, 0.4) is 0 Å². The number of hydroxylamine groups is 2. The zero-order chi connectivity index (χ0) is 14.2. The zero-order valence-electron chi connectivity index (χ0n) is 11.3. The highest BCUT2D eigenvalue weighted by atomic mass is 16.7. The van der Waals surface area contributed by atoms with Gasteiger partial charge in [0.1, 0.15) is 12.9 Å². The largest absolute Gasteiger partial charge is 0.273 e. The Morgan fingerprint density at radius 3 is 2.85 bits per heavy atom. The van der Waals surface area contributed by atoms with Crippen LogP contribution in [-0.2, 0) is 22.8 Å². The zero-order valence-corrected chi connectivity index (χ0v) is 11.3. The average molecular weight is 275 g/mol. The highest BCUT2D eigenvalue weighted by Gasteiger charge is 2.09. The van der Waals surface area contributed by atoms with Crippen molar-refractivity contribution in [1.82, 2.24) is 25.3 Å². The second kappa shape index (κ2) is 7.34. The number of tetrazole rings is 1. The molecule has 0 radical (unpaired) electrons. The third-order valence-electron chi connectivity index (χ3n) is 2.79. The van der Waals surface area contributed by atoms with E-state index in [4.69, 9.17) is 4.84 Å². The van der Waals surface area contributed by atoms with Gasteiger partial charge in [0.2, 0.25) is 5.91 Å². The average Bonchev–Trinajstić information content (AvgIpc) is 2.99. The van der Waals surface area contributed by atoms with Crippen LogP contribution in [0.4, 0.5) is 0 Å². The highest BCUT2D eigenvalue weighted by molar-refractivity contribution is 5.74. The molecule has 2 aromatic rings. The third kappa shape index (κ3) is 4.43. The van der Waals surface area contributed by atoms with Gasteiger partial charge in [-0.05, 0) is 22.4 Å². The molecule has 1 aromatic heterocycles. The first-order chi connectivity index (χ1) is 9.75. The first-order valence-electron chi connectivity index (χ1n) is 6.40. The van der Waals surface area contributed by atoms with E-state index in [0.717, 1.165) is 5.56 Å². The second-order valence-corrected chi connectivity index (χ2v) is 4.33. The third-order valence-corrected chi connectivity index (χ3v) is 2.79. The molecule has 106 valence electrons. The summed E-state index contributed by atoms with van der Waals surface area (Å²) in [5.41, 5.74) is 1.03. The first kappa shape index (κ1) is 14.1. The summed E-state index contributed by atoms with van der Waals surface area (Å²) in [6, 6.07) is 9.72. The molecule has 0 saturated carbocycles. The molecule has 0 unspecified atom stereocenters. The van der Waals surface area contributed by atoms with Crippen LogP contribution in [0.15, 0.2) is 36.7 Å². The number of rotatable bonds is 7. The molecule has 0 bridgehead atoms. The fourth-order valence-electron chi connectivity index (χ4n) is 1.65. The number of hydrogen-bond acceptors (Lipinski definition) is 5. The van der Waals surface area contributed by atoms with Gasteiger partial charge >= 0.3 is 0 Å². The lowest BCUT2D eigenvalue weighted by Gasteiger charge is -2.16. The topological polar surface area (TPSA) is 73.1 Å². The van der Waals surface area contributed by atoms with Crippen molar-refractivity contribution >= 4 is 5.91 Å². The summed E-state index contributed by atoms with van der Waals surface area (Å²) < 4.78 is 1.60. The molecule has 0 spiro atoms. The Bertz CT molecular complexity index is 515. The predicted octanol–water partition coefficient (Wildman–Crippen LogP) is 1.04. The first-order valence-corrected chi connectivity index (χ1v) is 6.40. The fourth-order valence-corrected chi connectivity index (χ4v) is 1.65. The van der Waals surface area contributed by atoms with E-state index in [-0.39, 0.29) is 5.91 Å². The Labute approximate surface area is 117 Å². The number of carbonyl (C=O) groups excluding carboxylic acids is 1. The van der Waals surface area contributed by atoms with E-state index >= 15 is 0 Å². The van der Waals surface area contributed by atoms with Crippen LogP contribution in [0, 0.1) is 0 Å². The van der Waals surface area contributed by atoms with Crippen molar-refractivity contribution in [3.05, 3.63) is 42.2 Å². The molecule has 1 amide bonds. The molecule has 0 atom stereocenters. The Morgan fingerprint density at radius 1 is 1.35 bits per heavy atom. The SMILES string of the molecule is CN(OCc1ccccc1)C(=O)CCCn1cnnn1. The van der Waals surface area contributed by atoms with Crippen LogP contribution in [0.2, 0.25) is 0 Å². The Hall–Kier alpha value is -2.28. The quantitative estimate of drug-likeness (QED) is 0.706. The molecule has 0 aliphatic rings. The standard InChI is InChI=1S/C13H17N5O2/c1-17(20-10-12-6-3-2-4-7-12)13(19)8-5-9-18-11-14-15-16-18/h2-4,6-7,11H,5,8-10H2,1H3. The smallest absolute Gasteiger partial charge is 0.245 e. The van der Waals surface area contributed by atoms with Crippen molar-refractivity contribution < 1.29 is 9.63 Å². The molecule has 7 nitrogen and oxygen atoms in total. The van der Waals surface area contributed by atoms with Crippen LogP contribution in [-0.4, -0.2) is 38.2 Å². The van der Waals surface area contributed by atoms with E-state index in [1.54, 1.807) is 11.7 Å². The maximum Gasteiger partial charge on any atom is 0.245 e. The van der Waals surface area contributed by atoms with Crippen molar-refractivity contribution in [2.45, 2.75) is 26.0 Å². The van der Waals surface area contributed by atoms with E-state index in [2.05, 4.69) is 15.5 Å². The van der Waals surface area contributed by atoms with Crippen LogP contribution >= 0.6 is 0 Å². The van der Waals surface area contributed by atoms with Crippen LogP contribution in [0.5, 0.6) is 0 Å². The summed E-state index contributed by atoms with van der Waals surface area (Å²) in [4.78, 5) is 17.2. The molecule has 1 aromatic carbocycles. The molecule has 20 heavy (non-hydrogen) atoms. The summed E-state index contributed by atoms with van der Waals surface area (Å²) in [5, 5.41) is 12.1. The minimum Gasteiger partial charge on any atom is -0.273 e. The van der Waals surface area contributed by atoms with Gasteiger partial charge in [0, 0.05) is 20.0 Å². The minimum absolute atomic E-state index is 0.0611. The van der Waals surface area contributed by atoms with Gasteiger partial charge in [-0.3, -0.25) is 9.63 Å². The van der Waals surface area contributed by atoms with Gasteiger partial charge in [0.25, 0.3) is 0 Å². The molecular formula is C13H17N5O2. The second-order valence-electron chi connectivity index (χ2n) is 4.33. The normalized spacial score (nSPS) is 10.4. The van der Waals surface area contributed by atoms with Gasteiger partial charge in [-0.2, -0.15) is 0 Å². The number of benzene rings is 1. The molecule has 0 fully saturated rings. The summed E-state index contributed by atoms with van der Waals surface area (Å²) in [5.74, 6) is -0.0611. The molecule has 0 N–H and O–H groups in total. The van der Waals surface area contributed by atoms with Gasteiger partial charge in [0.15, 0.2) is 0 Å². The molecule has 0 aliphatic carbocycles. The van der Waals surface area contributed by atoms with Gasteiger partial charge in [0.05, 0.1) is 0 Å². The summed E-state index contributed by atoms with van der Waals surface area (Å²) in [6.07, 6.45) is 2.59. The summed E-state index contributed by atoms with van der Waals surface area (Å²) >= 11 is 0. The summed E-state index contributed by atoms with van der Waals surface area (Å²) in [7, 11) is 1.63. The lowest BCUT2D eigenvalue weighted by atomic mass is 10.2. The molecule has 7 heteroatoms. The van der Waals surface area contributed by atoms with Gasteiger partial charge < -0.3 is 0 Å². The monoisotopic (exact) mass is 275 g/mol. The van der Waals surface area contributed by atoms with Gasteiger partial charge in [-0.15, -0.1) is 5.10 Å². The van der Waals surface area contributed by atoms with Crippen molar-refractivity contribution in [1.29, 1.82) is 0 Å².